The number of para-hydroxylation sites is 1. The molecule has 0 unspecified atom stereocenters. The van der Waals surface area contributed by atoms with Crippen molar-refractivity contribution in [3.8, 4) is 5.75 Å². The summed E-state index contributed by atoms with van der Waals surface area (Å²) in [6.45, 7) is 0.0914. The van der Waals surface area contributed by atoms with Gasteiger partial charge in [0.15, 0.2) is 11.6 Å². The van der Waals surface area contributed by atoms with Gasteiger partial charge in [-0.05, 0) is 12.5 Å². The lowest BCUT2D eigenvalue weighted by Gasteiger charge is -2.04. The van der Waals surface area contributed by atoms with E-state index in [4.69, 9.17) is 9.84 Å². The Morgan fingerprint density at radius 1 is 1.50 bits per heavy atom. The SMILES string of the molecule is COc1c(F)cccc1C=CCCO. The van der Waals surface area contributed by atoms with Crippen LogP contribution in [0.4, 0.5) is 4.39 Å². The number of methoxy groups -OCH3 is 1. The molecule has 0 aliphatic heterocycles. The maximum atomic E-state index is 13.2. The molecule has 0 heterocycles. The Morgan fingerprint density at radius 3 is 2.93 bits per heavy atom. The van der Waals surface area contributed by atoms with E-state index in [1.165, 1.54) is 13.2 Å². The number of aliphatic hydroxyl groups excluding tert-OH is 1. The van der Waals surface area contributed by atoms with Gasteiger partial charge in [-0.15, -0.1) is 0 Å². The molecule has 1 rings (SSSR count). The number of halogens is 1. The van der Waals surface area contributed by atoms with Gasteiger partial charge in [-0.3, -0.25) is 0 Å². The van der Waals surface area contributed by atoms with Crippen LogP contribution in [-0.4, -0.2) is 18.8 Å². The standard InChI is InChI=1S/C11H13FO2/c1-14-11-9(5-2-3-8-13)6-4-7-10(11)12/h2,4-7,13H,3,8H2,1H3. The van der Waals surface area contributed by atoms with Crippen molar-refractivity contribution >= 4 is 6.08 Å². The van der Waals surface area contributed by atoms with E-state index in [0.717, 1.165) is 0 Å². The number of rotatable bonds is 4. The zero-order valence-electron chi connectivity index (χ0n) is 8.03. The lowest BCUT2D eigenvalue weighted by atomic mass is 10.1. The van der Waals surface area contributed by atoms with Crippen LogP contribution in [0, 0.1) is 5.82 Å². The zero-order valence-corrected chi connectivity index (χ0v) is 8.03. The fraction of sp³-hybridized carbons (Fsp3) is 0.273. The Morgan fingerprint density at radius 2 is 2.29 bits per heavy atom. The minimum atomic E-state index is -0.376. The molecule has 0 aromatic heterocycles. The Balaban J connectivity index is 2.90. The van der Waals surface area contributed by atoms with E-state index in [9.17, 15) is 4.39 Å². The van der Waals surface area contributed by atoms with Crippen molar-refractivity contribution in [3.05, 3.63) is 35.7 Å². The normalized spacial score (nSPS) is 10.8. The van der Waals surface area contributed by atoms with Crippen molar-refractivity contribution in [2.24, 2.45) is 0 Å². The molecule has 0 bridgehead atoms. The molecule has 0 atom stereocenters. The Hall–Kier alpha value is -1.35. The molecular weight excluding hydrogens is 183 g/mol. The largest absolute Gasteiger partial charge is 0.493 e. The van der Waals surface area contributed by atoms with Gasteiger partial charge in [0.25, 0.3) is 0 Å². The van der Waals surface area contributed by atoms with Gasteiger partial charge in [-0.2, -0.15) is 0 Å². The maximum Gasteiger partial charge on any atom is 0.165 e. The average Bonchev–Trinajstić information content (AvgIpc) is 2.18. The highest BCUT2D eigenvalue weighted by atomic mass is 19.1. The third-order valence-corrected chi connectivity index (χ3v) is 1.79. The summed E-state index contributed by atoms with van der Waals surface area (Å²) in [5, 5.41) is 8.57. The van der Waals surface area contributed by atoms with Crippen LogP contribution in [-0.2, 0) is 0 Å². The van der Waals surface area contributed by atoms with Crippen molar-refractivity contribution in [1.29, 1.82) is 0 Å². The van der Waals surface area contributed by atoms with Crippen molar-refractivity contribution in [1.82, 2.24) is 0 Å². The molecule has 0 saturated heterocycles. The predicted molar refractivity (Wildman–Crippen MR) is 53.7 cm³/mol. The highest BCUT2D eigenvalue weighted by Gasteiger charge is 2.04. The molecule has 76 valence electrons. The Labute approximate surface area is 82.6 Å². The maximum absolute atomic E-state index is 13.2. The third kappa shape index (κ3) is 2.57. The van der Waals surface area contributed by atoms with E-state index in [1.54, 1.807) is 24.3 Å². The van der Waals surface area contributed by atoms with Gasteiger partial charge in [0.2, 0.25) is 0 Å². The van der Waals surface area contributed by atoms with Crippen LogP contribution < -0.4 is 4.74 Å². The first-order valence-electron chi connectivity index (χ1n) is 4.39. The van der Waals surface area contributed by atoms with Crippen molar-refractivity contribution in [2.75, 3.05) is 13.7 Å². The molecule has 0 saturated carbocycles. The quantitative estimate of drug-likeness (QED) is 0.800. The molecule has 1 aromatic rings. The van der Waals surface area contributed by atoms with E-state index < -0.39 is 0 Å². The zero-order chi connectivity index (χ0) is 10.4. The number of hydrogen-bond acceptors (Lipinski definition) is 2. The molecule has 0 radical (unpaired) electrons. The summed E-state index contributed by atoms with van der Waals surface area (Å²) < 4.78 is 18.1. The fourth-order valence-electron chi connectivity index (χ4n) is 1.16. The molecule has 0 amide bonds. The summed E-state index contributed by atoms with van der Waals surface area (Å²) in [7, 11) is 1.43. The van der Waals surface area contributed by atoms with Gasteiger partial charge in [-0.1, -0.05) is 24.3 Å². The number of ether oxygens (including phenoxy) is 1. The van der Waals surface area contributed by atoms with Gasteiger partial charge in [0, 0.05) is 12.2 Å². The molecule has 0 aliphatic rings. The summed E-state index contributed by atoms with van der Waals surface area (Å²) in [6.07, 6.45) is 4.06. The minimum Gasteiger partial charge on any atom is -0.493 e. The Bertz CT molecular complexity index is 321. The smallest absolute Gasteiger partial charge is 0.165 e. The van der Waals surface area contributed by atoms with Crippen LogP contribution in [0.25, 0.3) is 6.08 Å². The minimum absolute atomic E-state index is 0.0914. The molecule has 3 heteroatoms. The van der Waals surface area contributed by atoms with Crippen LogP contribution in [0.3, 0.4) is 0 Å². The van der Waals surface area contributed by atoms with E-state index >= 15 is 0 Å². The van der Waals surface area contributed by atoms with Crippen LogP contribution in [0.2, 0.25) is 0 Å². The predicted octanol–water partition coefficient (Wildman–Crippen LogP) is 2.23. The van der Waals surface area contributed by atoms with Gasteiger partial charge in [-0.25, -0.2) is 4.39 Å². The molecule has 1 aromatic carbocycles. The van der Waals surface area contributed by atoms with E-state index in [1.807, 2.05) is 0 Å². The average molecular weight is 196 g/mol. The highest BCUT2D eigenvalue weighted by Crippen LogP contribution is 2.23. The van der Waals surface area contributed by atoms with Crippen molar-refractivity contribution < 1.29 is 14.2 Å². The third-order valence-electron chi connectivity index (χ3n) is 1.79. The first-order valence-corrected chi connectivity index (χ1v) is 4.39. The summed E-state index contributed by atoms with van der Waals surface area (Å²) >= 11 is 0. The van der Waals surface area contributed by atoms with Crippen molar-refractivity contribution in [3.63, 3.8) is 0 Å². The second-order valence-corrected chi connectivity index (χ2v) is 2.78. The lowest BCUT2D eigenvalue weighted by Crippen LogP contribution is -1.90. The topological polar surface area (TPSA) is 29.5 Å². The second kappa shape index (κ2) is 5.40. The molecule has 14 heavy (non-hydrogen) atoms. The van der Waals surface area contributed by atoms with E-state index in [2.05, 4.69) is 0 Å². The molecular formula is C11H13FO2. The first kappa shape index (κ1) is 10.7. The van der Waals surface area contributed by atoms with E-state index in [0.29, 0.717) is 12.0 Å². The summed E-state index contributed by atoms with van der Waals surface area (Å²) in [4.78, 5) is 0. The summed E-state index contributed by atoms with van der Waals surface area (Å²) in [5.41, 5.74) is 0.681. The molecule has 0 fully saturated rings. The molecule has 1 N–H and O–H groups in total. The van der Waals surface area contributed by atoms with Gasteiger partial charge in [0.05, 0.1) is 7.11 Å². The first-order chi connectivity index (χ1) is 6.79. The van der Waals surface area contributed by atoms with Gasteiger partial charge in [0.1, 0.15) is 0 Å². The summed E-state index contributed by atoms with van der Waals surface area (Å²) in [5.74, 6) is -0.139. The van der Waals surface area contributed by atoms with Crippen LogP contribution in [0.1, 0.15) is 12.0 Å². The second-order valence-electron chi connectivity index (χ2n) is 2.78. The lowest BCUT2D eigenvalue weighted by molar-refractivity contribution is 0.303. The van der Waals surface area contributed by atoms with Crippen LogP contribution in [0.15, 0.2) is 24.3 Å². The fourth-order valence-corrected chi connectivity index (χ4v) is 1.16. The van der Waals surface area contributed by atoms with Gasteiger partial charge < -0.3 is 9.84 Å². The monoisotopic (exact) mass is 196 g/mol. The number of benzene rings is 1. The number of aliphatic hydroxyl groups is 1. The number of hydrogen-bond donors (Lipinski definition) is 1. The molecule has 2 nitrogen and oxygen atoms in total. The highest BCUT2D eigenvalue weighted by molar-refractivity contribution is 5.57. The summed E-state index contributed by atoms with van der Waals surface area (Å²) in [6, 6.07) is 4.73. The molecule has 0 aliphatic carbocycles. The Kier molecular flexibility index (Phi) is 4.13. The molecule has 0 spiro atoms. The van der Waals surface area contributed by atoms with Gasteiger partial charge >= 0.3 is 0 Å². The van der Waals surface area contributed by atoms with Crippen LogP contribution >= 0.6 is 0 Å². The van der Waals surface area contributed by atoms with Crippen LogP contribution in [0.5, 0.6) is 5.75 Å². The van der Waals surface area contributed by atoms with E-state index in [-0.39, 0.29) is 18.2 Å². The van der Waals surface area contributed by atoms with Crippen molar-refractivity contribution in [2.45, 2.75) is 6.42 Å².